The number of hydrogen-bond acceptors (Lipinski definition) is 3. The van der Waals surface area contributed by atoms with Crippen molar-refractivity contribution in [1.82, 2.24) is 9.78 Å². The van der Waals surface area contributed by atoms with Crippen LogP contribution in [0.25, 0.3) is 0 Å². The highest BCUT2D eigenvalue weighted by molar-refractivity contribution is 6.32. The Morgan fingerprint density at radius 1 is 1.43 bits per heavy atom. The van der Waals surface area contributed by atoms with E-state index in [9.17, 15) is 4.79 Å². The molecule has 1 amide bonds. The Bertz CT molecular complexity index is 638. The van der Waals surface area contributed by atoms with Crippen LogP contribution in [0.2, 0.25) is 5.02 Å². The molecule has 0 aliphatic rings. The minimum atomic E-state index is -0.234. The Morgan fingerprint density at radius 2 is 2.19 bits per heavy atom. The van der Waals surface area contributed by atoms with Crippen molar-refractivity contribution in [1.29, 1.82) is 0 Å². The second kappa shape index (κ2) is 6.63. The van der Waals surface area contributed by atoms with E-state index in [1.54, 1.807) is 37.5 Å². The largest absolute Gasteiger partial charge is 0.492 e. The van der Waals surface area contributed by atoms with Gasteiger partial charge in [0.1, 0.15) is 11.4 Å². The average Bonchev–Trinajstić information content (AvgIpc) is 2.84. The summed E-state index contributed by atoms with van der Waals surface area (Å²) in [4.78, 5) is 12.1. The number of amides is 1. The van der Waals surface area contributed by atoms with Gasteiger partial charge in [-0.1, -0.05) is 25.4 Å². The predicted octanol–water partition coefficient (Wildman–Crippen LogP) is 3.36. The van der Waals surface area contributed by atoms with Gasteiger partial charge in [-0.25, -0.2) is 0 Å². The van der Waals surface area contributed by atoms with E-state index in [1.165, 1.54) is 4.68 Å². The van der Waals surface area contributed by atoms with Crippen molar-refractivity contribution in [2.24, 2.45) is 13.0 Å². The van der Waals surface area contributed by atoms with Gasteiger partial charge in [0.25, 0.3) is 5.91 Å². The average molecular weight is 308 g/mol. The maximum absolute atomic E-state index is 12.1. The fourth-order valence-corrected chi connectivity index (χ4v) is 1.98. The number of nitrogens with one attached hydrogen (secondary N) is 1. The Kier molecular flexibility index (Phi) is 4.85. The van der Waals surface area contributed by atoms with Crippen LogP contribution in [0.15, 0.2) is 30.5 Å². The van der Waals surface area contributed by atoms with Crippen LogP contribution in [-0.2, 0) is 7.05 Å². The molecule has 0 aliphatic heterocycles. The van der Waals surface area contributed by atoms with Gasteiger partial charge in [-0.05, 0) is 30.2 Å². The van der Waals surface area contributed by atoms with Crippen LogP contribution >= 0.6 is 11.6 Å². The maximum Gasteiger partial charge on any atom is 0.273 e. The van der Waals surface area contributed by atoms with Crippen molar-refractivity contribution in [2.45, 2.75) is 13.8 Å². The first kappa shape index (κ1) is 15.4. The topological polar surface area (TPSA) is 56.1 Å². The Labute approximate surface area is 128 Å². The summed E-state index contributed by atoms with van der Waals surface area (Å²) in [7, 11) is 1.71. The lowest BCUT2D eigenvalue weighted by atomic mass is 10.2. The summed E-state index contributed by atoms with van der Waals surface area (Å²) in [5, 5.41) is 7.21. The van der Waals surface area contributed by atoms with E-state index in [4.69, 9.17) is 16.3 Å². The standard InChI is InChI=1S/C15H18ClN3O2/c1-10(2)9-21-14-5-4-11(8-12(14)16)18-15(20)13-6-7-17-19(13)3/h4-8,10H,9H2,1-3H3,(H,18,20). The molecule has 112 valence electrons. The number of carbonyl (C=O) groups is 1. The van der Waals surface area contributed by atoms with Crippen LogP contribution in [0, 0.1) is 5.92 Å². The Hall–Kier alpha value is -2.01. The van der Waals surface area contributed by atoms with Gasteiger partial charge in [0.05, 0.1) is 11.6 Å². The molecule has 0 unspecified atom stereocenters. The number of rotatable bonds is 5. The molecule has 2 rings (SSSR count). The van der Waals surface area contributed by atoms with Gasteiger partial charge in [0, 0.05) is 18.9 Å². The van der Waals surface area contributed by atoms with Crippen molar-refractivity contribution in [3.63, 3.8) is 0 Å². The summed E-state index contributed by atoms with van der Waals surface area (Å²) in [6.07, 6.45) is 1.57. The summed E-state index contributed by atoms with van der Waals surface area (Å²) in [6.45, 7) is 4.73. The second-order valence-corrected chi connectivity index (χ2v) is 5.55. The van der Waals surface area contributed by atoms with Crippen LogP contribution in [0.4, 0.5) is 5.69 Å². The number of benzene rings is 1. The van der Waals surface area contributed by atoms with Gasteiger partial charge in [0.2, 0.25) is 0 Å². The van der Waals surface area contributed by atoms with Crippen molar-refractivity contribution >= 4 is 23.2 Å². The molecule has 1 N–H and O–H groups in total. The molecule has 0 radical (unpaired) electrons. The van der Waals surface area contributed by atoms with Gasteiger partial charge >= 0.3 is 0 Å². The molecule has 6 heteroatoms. The van der Waals surface area contributed by atoms with E-state index < -0.39 is 0 Å². The zero-order chi connectivity index (χ0) is 15.4. The van der Waals surface area contributed by atoms with Gasteiger partial charge in [-0.15, -0.1) is 0 Å². The molecule has 5 nitrogen and oxygen atoms in total. The molecule has 0 fully saturated rings. The SMILES string of the molecule is CC(C)COc1ccc(NC(=O)c2ccnn2C)cc1Cl. The quantitative estimate of drug-likeness (QED) is 0.921. The molecule has 1 heterocycles. The summed E-state index contributed by atoms with van der Waals surface area (Å²) in [6, 6.07) is 6.84. The molecule has 0 saturated heterocycles. The summed E-state index contributed by atoms with van der Waals surface area (Å²) in [5.74, 6) is 0.802. The Morgan fingerprint density at radius 3 is 2.76 bits per heavy atom. The molecule has 0 saturated carbocycles. The number of anilines is 1. The lowest BCUT2D eigenvalue weighted by Crippen LogP contribution is -2.16. The number of aromatic nitrogens is 2. The highest BCUT2D eigenvalue weighted by atomic mass is 35.5. The van der Waals surface area contributed by atoms with E-state index in [-0.39, 0.29) is 5.91 Å². The Balaban J connectivity index is 2.06. The third-order valence-corrected chi connectivity index (χ3v) is 3.11. The molecular formula is C15H18ClN3O2. The smallest absolute Gasteiger partial charge is 0.273 e. The maximum atomic E-state index is 12.1. The lowest BCUT2D eigenvalue weighted by molar-refractivity contribution is 0.101. The normalized spacial score (nSPS) is 10.7. The van der Waals surface area contributed by atoms with Gasteiger partial charge in [-0.3, -0.25) is 9.48 Å². The first-order chi connectivity index (χ1) is 9.97. The second-order valence-electron chi connectivity index (χ2n) is 5.14. The molecular weight excluding hydrogens is 290 g/mol. The van der Waals surface area contributed by atoms with E-state index in [2.05, 4.69) is 24.3 Å². The first-order valence-electron chi connectivity index (χ1n) is 6.69. The lowest BCUT2D eigenvalue weighted by Gasteiger charge is -2.12. The number of aryl methyl sites for hydroxylation is 1. The van der Waals surface area contributed by atoms with Crippen molar-refractivity contribution < 1.29 is 9.53 Å². The van der Waals surface area contributed by atoms with Crippen molar-refractivity contribution in [3.05, 3.63) is 41.2 Å². The zero-order valence-electron chi connectivity index (χ0n) is 12.3. The molecule has 0 aliphatic carbocycles. The van der Waals surface area contributed by atoms with Crippen LogP contribution in [0.1, 0.15) is 24.3 Å². The van der Waals surface area contributed by atoms with Crippen molar-refractivity contribution in [3.8, 4) is 5.75 Å². The molecule has 0 spiro atoms. The molecule has 2 aromatic rings. The van der Waals surface area contributed by atoms with E-state index in [0.717, 1.165) is 0 Å². The summed E-state index contributed by atoms with van der Waals surface area (Å²) < 4.78 is 7.10. The zero-order valence-corrected chi connectivity index (χ0v) is 13.0. The number of halogens is 1. The molecule has 21 heavy (non-hydrogen) atoms. The summed E-state index contributed by atoms with van der Waals surface area (Å²) in [5.41, 5.74) is 1.09. The molecule has 0 atom stereocenters. The molecule has 1 aromatic heterocycles. The number of hydrogen-bond donors (Lipinski definition) is 1. The van der Waals surface area contributed by atoms with E-state index in [0.29, 0.717) is 34.7 Å². The highest BCUT2D eigenvalue weighted by Crippen LogP contribution is 2.28. The number of carbonyl (C=O) groups excluding carboxylic acids is 1. The predicted molar refractivity (Wildman–Crippen MR) is 82.9 cm³/mol. The first-order valence-corrected chi connectivity index (χ1v) is 7.07. The van der Waals surface area contributed by atoms with Crippen molar-refractivity contribution in [2.75, 3.05) is 11.9 Å². The third-order valence-electron chi connectivity index (χ3n) is 2.82. The fraction of sp³-hybridized carbons (Fsp3) is 0.333. The van der Waals surface area contributed by atoms with Crippen LogP contribution in [0.5, 0.6) is 5.75 Å². The van der Waals surface area contributed by atoms with Gasteiger partial charge in [-0.2, -0.15) is 5.10 Å². The minimum absolute atomic E-state index is 0.234. The number of nitrogens with zero attached hydrogens (tertiary/aromatic N) is 2. The minimum Gasteiger partial charge on any atom is -0.492 e. The van der Waals surface area contributed by atoms with Gasteiger partial charge in [0.15, 0.2) is 0 Å². The highest BCUT2D eigenvalue weighted by Gasteiger charge is 2.11. The van der Waals surface area contributed by atoms with E-state index >= 15 is 0 Å². The fourth-order valence-electron chi connectivity index (χ4n) is 1.74. The molecule has 0 bridgehead atoms. The monoisotopic (exact) mass is 307 g/mol. The van der Waals surface area contributed by atoms with Crippen LogP contribution < -0.4 is 10.1 Å². The third kappa shape index (κ3) is 3.98. The van der Waals surface area contributed by atoms with Crippen LogP contribution in [-0.4, -0.2) is 22.3 Å². The summed E-state index contributed by atoms with van der Waals surface area (Å²) >= 11 is 6.16. The number of ether oxygens (including phenoxy) is 1. The van der Waals surface area contributed by atoms with Gasteiger partial charge < -0.3 is 10.1 Å². The van der Waals surface area contributed by atoms with E-state index in [1.807, 2.05) is 0 Å². The molecule has 1 aromatic carbocycles. The van der Waals surface area contributed by atoms with Crippen LogP contribution in [0.3, 0.4) is 0 Å².